The SMILES string of the molecule is [B]COc1cc(NC(=O)c2ccc(C#N)cc2C)ccc1CN1CCCC(C(C)(C)O)C1. The largest absolute Gasteiger partial charge is 0.503 e. The van der Waals surface area contributed by atoms with Crippen LogP contribution in [-0.4, -0.2) is 49.0 Å². The highest BCUT2D eigenvalue weighted by atomic mass is 16.5. The highest BCUT2D eigenvalue weighted by molar-refractivity contribution is 6.08. The summed E-state index contributed by atoms with van der Waals surface area (Å²) in [6, 6.07) is 12.6. The predicted octanol–water partition coefficient (Wildman–Crippen LogP) is 3.61. The number of aryl methyl sites for hydroxylation is 1. The van der Waals surface area contributed by atoms with Gasteiger partial charge in [-0.2, -0.15) is 5.26 Å². The summed E-state index contributed by atoms with van der Waals surface area (Å²) >= 11 is 0. The molecule has 0 bridgehead atoms. The molecule has 7 heteroatoms. The lowest BCUT2D eigenvalue weighted by atomic mass is 9.84. The van der Waals surface area contributed by atoms with Gasteiger partial charge in [-0.05, 0) is 75.9 Å². The van der Waals surface area contributed by atoms with Gasteiger partial charge in [0.15, 0.2) is 0 Å². The molecule has 2 radical (unpaired) electrons. The Balaban J connectivity index is 1.74. The Labute approximate surface area is 191 Å². The zero-order chi connectivity index (χ0) is 23.3. The molecule has 1 fully saturated rings. The van der Waals surface area contributed by atoms with Crippen molar-refractivity contribution in [3.8, 4) is 11.8 Å². The molecule has 0 aromatic heterocycles. The fourth-order valence-corrected chi connectivity index (χ4v) is 4.19. The number of ether oxygens (including phenoxy) is 1. The maximum Gasteiger partial charge on any atom is 0.255 e. The van der Waals surface area contributed by atoms with Gasteiger partial charge in [0, 0.05) is 42.5 Å². The van der Waals surface area contributed by atoms with Crippen molar-refractivity contribution in [3.05, 3.63) is 58.7 Å². The van der Waals surface area contributed by atoms with Crippen LogP contribution in [0.4, 0.5) is 5.69 Å². The molecule has 1 amide bonds. The molecule has 0 spiro atoms. The minimum Gasteiger partial charge on any atom is -0.503 e. The molecule has 1 saturated heterocycles. The maximum atomic E-state index is 12.7. The number of hydrogen-bond donors (Lipinski definition) is 2. The van der Waals surface area contributed by atoms with Crippen LogP contribution in [0, 0.1) is 24.2 Å². The first kappa shape index (κ1) is 23.8. The number of carbonyl (C=O) groups excluding carboxylic acids is 1. The summed E-state index contributed by atoms with van der Waals surface area (Å²) in [4.78, 5) is 15.1. The van der Waals surface area contributed by atoms with Crippen LogP contribution < -0.4 is 10.1 Å². The van der Waals surface area contributed by atoms with E-state index in [4.69, 9.17) is 17.8 Å². The Bertz CT molecular complexity index is 1010. The Hall–Kier alpha value is -2.82. The molecule has 2 aromatic carbocycles. The highest BCUT2D eigenvalue weighted by Gasteiger charge is 2.31. The van der Waals surface area contributed by atoms with E-state index in [1.54, 1.807) is 31.2 Å². The van der Waals surface area contributed by atoms with Crippen molar-refractivity contribution in [1.82, 2.24) is 4.90 Å². The molecular weight excluding hydrogens is 401 g/mol. The summed E-state index contributed by atoms with van der Waals surface area (Å²) in [6.45, 7) is 8.05. The number of nitriles is 1. The Morgan fingerprint density at radius 3 is 2.78 bits per heavy atom. The zero-order valence-corrected chi connectivity index (χ0v) is 19.0. The van der Waals surface area contributed by atoms with E-state index in [0.717, 1.165) is 37.1 Å². The maximum absolute atomic E-state index is 12.7. The standard InChI is InChI=1S/C25H30BN3O3/c1-17-11-18(13-27)6-9-22(17)24(30)28-21-8-7-19(23(12-21)32-16-26)14-29-10-4-5-20(15-29)25(2,3)31/h6-9,11-12,20,31H,4-5,10,14-16H2,1-3H3,(H,28,30). The molecule has 0 saturated carbocycles. The second kappa shape index (κ2) is 10.2. The molecule has 1 aliphatic rings. The zero-order valence-electron chi connectivity index (χ0n) is 19.0. The van der Waals surface area contributed by atoms with Gasteiger partial charge in [0.05, 0.1) is 17.2 Å². The Morgan fingerprint density at radius 2 is 2.12 bits per heavy atom. The molecule has 1 unspecified atom stereocenters. The minimum atomic E-state index is -0.701. The van der Waals surface area contributed by atoms with Gasteiger partial charge in [-0.1, -0.05) is 6.07 Å². The first-order chi connectivity index (χ1) is 15.2. The quantitative estimate of drug-likeness (QED) is 0.655. The molecule has 32 heavy (non-hydrogen) atoms. The van der Waals surface area contributed by atoms with Crippen LogP contribution in [0.25, 0.3) is 0 Å². The fraction of sp³-hybridized carbons (Fsp3) is 0.440. The van der Waals surface area contributed by atoms with E-state index in [1.165, 1.54) is 0 Å². The third-order valence-electron chi connectivity index (χ3n) is 6.06. The number of anilines is 1. The molecule has 3 rings (SSSR count). The average molecular weight is 431 g/mol. The average Bonchev–Trinajstić information content (AvgIpc) is 2.75. The Kier molecular flexibility index (Phi) is 7.60. The van der Waals surface area contributed by atoms with E-state index in [-0.39, 0.29) is 18.3 Å². The van der Waals surface area contributed by atoms with Crippen molar-refractivity contribution >= 4 is 19.4 Å². The first-order valence-electron chi connectivity index (χ1n) is 10.9. The van der Waals surface area contributed by atoms with Gasteiger partial charge in [0.25, 0.3) is 5.91 Å². The lowest BCUT2D eigenvalue weighted by molar-refractivity contribution is -0.0198. The van der Waals surface area contributed by atoms with Gasteiger partial charge in [0.1, 0.15) is 13.6 Å². The highest BCUT2D eigenvalue weighted by Crippen LogP contribution is 2.30. The van der Waals surface area contributed by atoms with Gasteiger partial charge in [-0.15, -0.1) is 0 Å². The Morgan fingerprint density at radius 1 is 1.34 bits per heavy atom. The summed E-state index contributed by atoms with van der Waals surface area (Å²) in [6.07, 6.45) is 2.06. The molecule has 1 atom stereocenters. The van der Waals surface area contributed by atoms with Crippen molar-refractivity contribution in [3.63, 3.8) is 0 Å². The number of carbonyl (C=O) groups is 1. The van der Waals surface area contributed by atoms with Gasteiger partial charge >= 0.3 is 0 Å². The van der Waals surface area contributed by atoms with Crippen LogP contribution in [0.5, 0.6) is 5.75 Å². The number of nitrogens with one attached hydrogen (secondary N) is 1. The molecule has 0 aliphatic carbocycles. The molecule has 6 nitrogen and oxygen atoms in total. The second-order valence-corrected chi connectivity index (χ2v) is 8.96. The molecule has 1 aliphatic heterocycles. The molecular formula is C25H30BN3O3. The summed E-state index contributed by atoms with van der Waals surface area (Å²) in [5, 5.41) is 22.3. The molecule has 2 aromatic rings. The number of amides is 1. The molecule has 2 N–H and O–H groups in total. The lowest BCUT2D eigenvalue weighted by Gasteiger charge is -2.38. The molecule has 166 valence electrons. The van der Waals surface area contributed by atoms with Crippen LogP contribution >= 0.6 is 0 Å². The van der Waals surface area contributed by atoms with Crippen LogP contribution in [0.1, 0.15) is 53.7 Å². The summed E-state index contributed by atoms with van der Waals surface area (Å²) in [5.41, 5.74) is 2.67. The summed E-state index contributed by atoms with van der Waals surface area (Å²) < 4.78 is 5.67. The third kappa shape index (κ3) is 5.90. The van der Waals surface area contributed by atoms with Gasteiger partial charge < -0.3 is 15.2 Å². The number of aliphatic hydroxyl groups is 1. The summed E-state index contributed by atoms with van der Waals surface area (Å²) in [5.74, 6) is 0.610. The smallest absolute Gasteiger partial charge is 0.255 e. The monoisotopic (exact) mass is 431 g/mol. The van der Waals surface area contributed by atoms with E-state index in [1.807, 2.05) is 26.0 Å². The topological polar surface area (TPSA) is 85.6 Å². The van der Waals surface area contributed by atoms with E-state index < -0.39 is 5.60 Å². The predicted molar refractivity (Wildman–Crippen MR) is 126 cm³/mol. The van der Waals surface area contributed by atoms with Crippen molar-refractivity contribution in [2.75, 3.05) is 24.9 Å². The third-order valence-corrected chi connectivity index (χ3v) is 6.06. The lowest BCUT2D eigenvalue weighted by Crippen LogP contribution is -2.44. The number of likely N-dealkylation sites (tertiary alicyclic amines) is 1. The number of nitrogens with zero attached hydrogens (tertiary/aromatic N) is 2. The van der Waals surface area contributed by atoms with Crippen molar-refractivity contribution < 1.29 is 14.6 Å². The number of benzene rings is 2. The second-order valence-electron chi connectivity index (χ2n) is 8.96. The van der Waals surface area contributed by atoms with Crippen LogP contribution in [0.15, 0.2) is 36.4 Å². The van der Waals surface area contributed by atoms with Crippen molar-refractivity contribution in [2.24, 2.45) is 5.92 Å². The number of piperidine rings is 1. The van der Waals surface area contributed by atoms with Gasteiger partial charge in [-0.25, -0.2) is 0 Å². The number of rotatable bonds is 7. The van der Waals surface area contributed by atoms with Crippen LogP contribution in [0.2, 0.25) is 0 Å². The number of hydrogen-bond acceptors (Lipinski definition) is 5. The van der Waals surface area contributed by atoms with Crippen molar-refractivity contribution in [1.29, 1.82) is 5.26 Å². The van der Waals surface area contributed by atoms with Gasteiger partial charge in [-0.3, -0.25) is 9.69 Å². The van der Waals surface area contributed by atoms with Gasteiger partial charge in [0.2, 0.25) is 0 Å². The normalized spacial score (nSPS) is 16.9. The van der Waals surface area contributed by atoms with E-state index in [9.17, 15) is 9.90 Å². The first-order valence-corrected chi connectivity index (χ1v) is 10.9. The van der Waals surface area contributed by atoms with Crippen LogP contribution in [-0.2, 0) is 6.54 Å². The van der Waals surface area contributed by atoms with Crippen LogP contribution in [0.3, 0.4) is 0 Å². The minimum absolute atomic E-state index is 0.0332. The van der Waals surface area contributed by atoms with E-state index >= 15 is 0 Å². The fourth-order valence-electron chi connectivity index (χ4n) is 4.19. The summed E-state index contributed by atoms with van der Waals surface area (Å²) in [7, 11) is 5.65. The van der Waals surface area contributed by atoms with Crippen molar-refractivity contribution in [2.45, 2.75) is 45.8 Å². The molecule has 1 heterocycles. The van der Waals surface area contributed by atoms with E-state index in [2.05, 4.69) is 16.3 Å². The van der Waals surface area contributed by atoms with E-state index in [0.29, 0.717) is 29.1 Å².